The van der Waals surface area contributed by atoms with E-state index in [1.54, 1.807) is 0 Å². The smallest absolute Gasteiger partial charge is 0.264 e. The van der Waals surface area contributed by atoms with E-state index < -0.39 is 10.1 Å². The predicted octanol–water partition coefficient (Wildman–Crippen LogP) is 3.09. The highest BCUT2D eigenvalue weighted by atomic mass is 127. The molecule has 0 saturated heterocycles. The average Bonchev–Trinajstić information content (AvgIpc) is 2.81. The molecule has 204 valence electrons. The van der Waals surface area contributed by atoms with Gasteiger partial charge < -0.3 is 28.7 Å². The van der Waals surface area contributed by atoms with Crippen molar-refractivity contribution in [2.24, 2.45) is 0 Å². The summed E-state index contributed by atoms with van der Waals surface area (Å²) in [5.74, 6) is -0.211. The zero-order valence-corrected chi connectivity index (χ0v) is 24.4. The number of anilines is 1. The molecule has 0 saturated carbocycles. The van der Waals surface area contributed by atoms with Crippen molar-refractivity contribution >= 4 is 38.4 Å². The van der Waals surface area contributed by atoms with Crippen LogP contribution in [0.4, 0.5) is 5.69 Å². The van der Waals surface area contributed by atoms with E-state index in [-0.39, 0.29) is 5.75 Å². The van der Waals surface area contributed by atoms with Gasteiger partial charge in [0.15, 0.2) is 0 Å². The van der Waals surface area contributed by atoms with Crippen molar-refractivity contribution in [1.29, 1.82) is 0 Å². The minimum atomic E-state index is -3.89. The zero-order valence-electron chi connectivity index (χ0n) is 21.4. The molecular formula is C24H43IN2O7S. The van der Waals surface area contributed by atoms with Gasteiger partial charge in [0.2, 0.25) is 0 Å². The molecule has 1 aromatic carbocycles. The fraction of sp³-hybridized carbons (Fsp3) is 0.750. The third-order valence-electron chi connectivity index (χ3n) is 5.39. The first-order chi connectivity index (χ1) is 16.8. The first-order valence-corrected chi connectivity index (χ1v) is 14.9. The van der Waals surface area contributed by atoms with Crippen LogP contribution in [0.1, 0.15) is 25.8 Å². The van der Waals surface area contributed by atoms with E-state index in [1.165, 1.54) is 14.8 Å². The van der Waals surface area contributed by atoms with Crippen LogP contribution in [-0.2, 0) is 29.1 Å². The molecule has 0 aliphatic carbocycles. The molecule has 0 radical (unpaired) electrons. The molecule has 9 nitrogen and oxygen atoms in total. The van der Waals surface area contributed by atoms with Gasteiger partial charge in [-0.3, -0.25) is 4.55 Å². The molecule has 1 rings (SSSR count). The lowest BCUT2D eigenvalue weighted by molar-refractivity contribution is -0.00310. The molecule has 0 spiro atoms. The maximum atomic E-state index is 10.8. The molecule has 1 N–H and O–H groups in total. The van der Waals surface area contributed by atoms with Crippen molar-refractivity contribution < 1.29 is 31.9 Å². The van der Waals surface area contributed by atoms with Gasteiger partial charge in [-0.1, -0.05) is 6.92 Å². The lowest BCUT2D eigenvalue weighted by Crippen LogP contribution is -2.30. The second-order valence-electron chi connectivity index (χ2n) is 8.04. The summed E-state index contributed by atoms with van der Waals surface area (Å²) < 4.78 is 53.9. The molecule has 0 bridgehead atoms. The fourth-order valence-corrected chi connectivity index (χ4v) is 4.15. The van der Waals surface area contributed by atoms with Crippen LogP contribution in [0, 0.1) is 10.5 Å². The first kappa shape index (κ1) is 32.5. The first-order valence-electron chi connectivity index (χ1n) is 12.3. The van der Waals surface area contributed by atoms with Crippen LogP contribution in [0.3, 0.4) is 0 Å². The van der Waals surface area contributed by atoms with E-state index >= 15 is 0 Å². The molecule has 35 heavy (non-hydrogen) atoms. The van der Waals surface area contributed by atoms with Crippen molar-refractivity contribution in [1.82, 2.24) is 4.90 Å². The summed E-state index contributed by atoms with van der Waals surface area (Å²) in [6.45, 7) is 14.5. The summed E-state index contributed by atoms with van der Waals surface area (Å²) in [6, 6.07) is 6.52. The van der Waals surface area contributed by atoms with E-state index in [4.69, 9.17) is 23.5 Å². The summed E-state index contributed by atoms with van der Waals surface area (Å²) in [5, 5.41) is 0. The third kappa shape index (κ3) is 16.8. The van der Waals surface area contributed by atoms with Crippen LogP contribution in [-0.4, -0.2) is 109 Å². The number of aryl methyl sites for hydroxylation is 1. The Kier molecular flexibility index (Phi) is 18.2. The highest BCUT2D eigenvalue weighted by molar-refractivity contribution is 14.1. The number of likely N-dealkylation sites (N-methyl/N-ethyl adjacent to an activating group) is 2. The molecule has 0 atom stereocenters. The van der Waals surface area contributed by atoms with Gasteiger partial charge in [0.05, 0.1) is 58.6 Å². The molecule has 11 heteroatoms. The molecular weight excluding hydrogens is 587 g/mol. The van der Waals surface area contributed by atoms with Gasteiger partial charge in [-0.2, -0.15) is 8.42 Å². The number of hydrogen-bond donors (Lipinski definition) is 1. The monoisotopic (exact) mass is 630 g/mol. The van der Waals surface area contributed by atoms with Crippen LogP contribution in [0.2, 0.25) is 0 Å². The van der Waals surface area contributed by atoms with E-state index in [9.17, 15) is 8.42 Å². The lowest BCUT2D eigenvalue weighted by atomic mass is 10.2. The molecule has 0 amide bonds. The molecule has 0 unspecified atom stereocenters. The van der Waals surface area contributed by atoms with E-state index in [2.05, 4.69) is 64.4 Å². The number of rotatable bonds is 22. The second-order valence-corrected chi connectivity index (χ2v) is 10.8. The predicted molar refractivity (Wildman–Crippen MR) is 148 cm³/mol. The summed E-state index contributed by atoms with van der Waals surface area (Å²) in [7, 11) is -3.89. The SMILES string of the molecule is CCN(CCCS(=O)(=O)O)CCOCCOCCOCCOCCN(CC)c1ccc(I)c(C)c1. The minimum Gasteiger partial charge on any atom is -0.378 e. The Bertz CT molecular complexity index is 783. The van der Waals surface area contributed by atoms with Gasteiger partial charge in [0.1, 0.15) is 0 Å². The summed E-state index contributed by atoms with van der Waals surface area (Å²) in [4.78, 5) is 4.40. The Morgan fingerprint density at radius 1 is 0.829 bits per heavy atom. The average molecular weight is 631 g/mol. The Morgan fingerprint density at radius 3 is 1.86 bits per heavy atom. The number of benzene rings is 1. The van der Waals surface area contributed by atoms with E-state index in [0.29, 0.717) is 72.4 Å². The summed E-state index contributed by atoms with van der Waals surface area (Å²) >= 11 is 2.35. The summed E-state index contributed by atoms with van der Waals surface area (Å²) in [6.07, 6.45) is 0.408. The summed E-state index contributed by atoms with van der Waals surface area (Å²) in [5.41, 5.74) is 2.52. The molecule has 0 aliphatic heterocycles. The molecule has 0 heterocycles. The quantitative estimate of drug-likeness (QED) is 0.118. The number of halogens is 1. The minimum absolute atomic E-state index is 0.211. The molecule has 0 fully saturated rings. The van der Waals surface area contributed by atoms with Crippen LogP contribution < -0.4 is 4.90 Å². The van der Waals surface area contributed by atoms with Crippen molar-refractivity contribution in [3.63, 3.8) is 0 Å². The van der Waals surface area contributed by atoms with E-state index in [1.807, 2.05) is 6.92 Å². The standard InChI is InChI=1S/C24H43IN2O7S/c1-4-26(9-6-20-35(28,29)30)10-12-31-14-16-33-18-19-34-17-15-32-13-11-27(5-2)23-7-8-24(25)22(3)21-23/h7-8,21H,4-6,9-20H2,1-3H3,(H,28,29,30). The highest BCUT2D eigenvalue weighted by Crippen LogP contribution is 2.20. The Morgan fingerprint density at radius 2 is 1.37 bits per heavy atom. The Labute approximate surface area is 225 Å². The topological polar surface area (TPSA) is 97.8 Å². The van der Waals surface area contributed by atoms with Crippen LogP contribution in [0.15, 0.2) is 18.2 Å². The van der Waals surface area contributed by atoms with Gasteiger partial charge in [-0.25, -0.2) is 0 Å². The molecule has 0 aromatic heterocycles. The molecule has 1 aromatic rings. The Hall–Kier alpha value is -0.540. The maximum Gasteiger partial charge on any atom is 0.264 e. The van der Waals surface area contributed by atoms with E-state index in [0.717, 1.165) is 19.6 Å². The van der Waals surface area contributed by atoms with Gasteiger partial charge in [0, 0.05) is 28.9 Å². The largest absolute Gasteiger partial charge is 0.378 e. The lowest BCUT2D eigenvalue weighted by Gasteiger charge is -2.23. The fourth-order valence-electron chi connectivity index (χ4n) is 3.32. The third-order valence-corrected chi connectivity index (χ3v) is 7.40. The van der Waals surface area contributed by atoms with Gasteiger partial charge in [-0.05, 0) is 79.7 Å². The van der Waals surface area contributed by atoms with Crippen LogP contribution in [0.25, 0.3) is 0 Å². The van der Waals surface area contributed by atoms with Crippen molar-refractivity contribution in [2.45, 2.75) is 27.2 Å². The Balaban J connectivity index is 1.93. The van der Waals surface area contributed by atoms with Crippen LogP contribution >= 0.6 is 22.6 Å². The number of hydrogen-bond acceptors (Lipinski definition) is 8. The van der Waals surface area contributed by atoms with Crippen LogP contribution in [0.5, 0.6) is 0 Å². The van der Waals surface area contributed by atoms with Gasteiger partial charge in [-0.15, -0.1) is 0 Å². The zero-order chi connectivity index (χ0) is 25.9. The number of ether oxygens (including phenoxy) is 4. The molecule has 0 aliphatic rings. The second kappa shape index (κ2) is 19.6. The van der Waals surface area contributed by atoms with Crippen molar-refractivity contribution in [3.8, 4) is 0 Å². The highest BCUT2D eigenvalue weighted by Gasteiger charge is 2.08. The number of nitrogens with zero attached hydrogens (tertiary/aromatic N) is 2. The normalized spacial score (nSPS) is 11.9. The maximum absolute atomic E-state index is 10.8. The van der Waals surface area contributed by atoms with Gasteiger partial charge >= 0.3 is 0 Å². The van der Waals surface area contributed by atoms with Crippen molar-refractivity contribution in [2.75, 3.05) is 96.2 Å². The van der Waals surface area contributed by atoms with Gasteiger partial charge in [0.25, 0.3) is 10.1 Å². The van der Waals surface area contributed by atoms with Crippen molar-refractivity contribution in [3.05, 3.63) is 27.3 Å².